The largest absolute Gasteiger partial charge is 0.476 e. The van der Waals surface area contributed by atoms with Crippen LogP contribution in [0.4, 0.5) is 17.6 Å². The third-order valence-electron chi connectivity index (χ3n) is 7.71. The molecule has 46 heavy (non-hydrogen) atoms. The molecule has 0 atom stereocenters. The Bertz CT molecular complexity index is 2050. The lowest BCUT2D eigenvalue weighted by atomic mass is 9.91. The Kier molecular flexibility index (Phi) is 8.29. The highest BCUT2D eigenvalue weighted by Crippen LogP contribution is 2.41. The van der Waals surface area contributed by atoms with Crippen LogP contribution in [0.2, 0.25) is 0 Å². The first kappa shape index (κ1) is 31.6. The summed E-state index contributed by atoms with van der Waals surface area (Å²) in [5.74, 6) is -2.05. The zero-order valence-corrected chi connectivity index (χ0v) is 25.6. The fraction of sp³-hybridized carbons (Fsp3) is 0.219. The molecule has 6 rings (SSSR count). The van der Waals surface area contributed by atoms with Gasteiger partial charge in [0.05, 0.1) is 17.8 Å². The lowest BCUT2D eigenvalue weighted by Crippen LogP contribution is -2.14. The molecular weight excluding hydrogens is 645 g/mol. The maximum atomic E-state index is 15.0. The summed E-state index contributed by atoms with van der Waals surface area (Å²) >= 11 is 1.03. The molecule has 0 amide bonds. The van der Waals surface area contributed by atoms with Crippen LogP contribution in [0, 0.1) is 11.7 Å². The summed E-state index contributed by atoms with van der Waals surface area (Å²) in [5.41, 5.74) is 3.03. The quantitative estimate of drug-likeness (QED) is 0.158. The van der Waals surface area contributed by atoms with Gasteiger partial charge in [-0.15, -0.1) is 11.3 Å². The molecule has 5 aromatic rings. The van der Waals surface area contributed by atoms with Crippen LogP contribution < -0.4 is 5.14 Å². The van der Waals surface area contributed by atoms with Gasteiger partial charge in [0.15, 0.2) is 5.69 Å². The molecular formula is C32H26F4N4O4S2. The maximum Gasteiger partial charge on any atom is 0.393 e. The van der Waals surface area contributed by atoms with E-state index in [2.05, 4.69) is 4.98 Å². The molecule has 3 N–H and O–H groups in total. The molecule has 0 radical (unpaired) electrons. The average Bonchev–Trinajstić information content (AvgIpc) is 3.54. The normalized spacial score (nSPS) is 13.7. The van der Waals surface area contributed by atoms with E-state index in [9.17, 15) is 35.9 Å². The third-order valence-corrected chi connectivity index (χ3v) is 9.47. The van der Waals surface area contributed by atoms with Gasteiger partial charge in [-0.2, -0.15) is 18.3 Å². The highest BCUT2D eigenvalue weighted by molar-refractivity contribution is 7.89. The van der Waals surface area contributed by atoms with Crippen LogP contribution in [-0.2, 0) is 29.3 Å². The first-order chi connectivity index (χ1) is 21.8. The van der Waals surface area contributed by atoms with Gasteiger partial charge in [0.25, 0.3) is 0 Å². The smallest absolute Gasteiger partial charge is 0.393 e. The van der Waals surface area contributed by atoms with Crippen LogP contribution >= 0.6 is 11.3 Å². The zero-order chi connectivity index (χ0) is 32.8. The standard InChI is InChI=1S/C32H26F4N4O4S2/c33-25-13-19(8-11-28(25)46(37,43)44)12-24-27(14-18-6-7-18)40(31-38-26(17-45-31)30(41)42)39-29(24)23-15-21(20-4-2-1-3-5-20)9-10-22(23)16-32(34,35)36/h1-5,8-11,13,15,17-18H,6-7,12,14,16H2,(H,41,42)(H2,37,43,44). The number of sulfonamides is 1. The van der Waals surface area contributed by atoms with Gasteiger partial charge in [-0.1, -0.05) is 48.5 Å². The molecule has 0 spiro atoms. The molecule has 1 aliphatic rings. The summed E-state index contributed by atoms with van der Waals surface area (Å²) in [6.45, 7) is 0. The molecule has 1 fully saturated rings. The fourth-order valence-corrected chi connectivity index (χ4v) is 6.74. The molecule has 1 saturated carbocycles. The van der Waals surface area contributed by atoms with Crippen molar-refractivity contribution in [2.45, 2.75) is 43.2 Å². The van der Waals surface area contributed by atoms with Gasteiger partial charge < -0.3 is 5.11 Å². The van der Waals surface area contributed by atoms with Crippen molar-refractivity contribution in [3.8, 4) is 27.5 Å². The lowest BCUT2D eigenvalue weighted by Gasteiger charge is -2.15. The highest BCUT2D eigenvalue weighted by Gasteiger charge is 2.33. The molecule has 14 heteroatoms. The third kappa shape index (κ3) is 6.88. The minimum atomic E-state index is -4.54. The van der Waals surface area contributed by atoms with Gasteiger partial charge in [-0.3, -0.25) is 0 Å². The molecule has 8 nitrogen and oxygen atoms in total. The van der Waals surface area contributed by atoms with E-state index in [-0.39, 0.29) is 40.0 Å². The maximum absolute atomic E-state index is 15.0. The lowest BCUT2D eigenvalue weighted by molar-refractivity contribution is -0.127. The number of hydrogen-bond acceptors (Lipinski definition) is 6. The molecule has 3 aromatic carbocycles. The number of alkyl halides is 3. The number of benzene rings is 3. The molecule has 0 aliphatic heterocycles. The Hall–Kier alpha value is -4.40. The number of nitrogens with two attached hydrogens (primary N) is 1. The highest BCUT2D eigenvalue weighted by atomic mass is 32.2. The van der Waals surface area contributed by atoms with Crippen molar-refractivity contribution in [3.63, 3.8) is 0 Å². The molecule has 0 saturated heterocycles. The summed E-state index contributed by atoms with van der Waals surface area (Å²) in [6.07, 6.45) is -3.50. The number of primary sulfonamides is 1. The van der Waals surface area contributed by atoms with E-state index in [1.54, 1.807) is 12.1 Å². The van der Waals surface area contributed by atoms with E-state index in [0.29, 0.717) is 28.8 Å². The van der Waals surface area contributed by atoms with Crippen molar-refractivity contribution < 1.29 is 35.9 Å². The topological polar surface area (TPSA) is 128 Å². The summed E-state index contributed by atoms with van der Waals surface area (Å²) in [6, 6.07) is 17.3. The number of aromatic carboxylic acids is 1. The van der Waals surface area contributed by atoms with Crippen LogP contribution in [-0.4, -0.2) is 40.4 Å². The van der Waals surface area contributed by atoms with Crippen molar-refractivity contribution in [3.05, 3.63) is 106 Å². The second-order valence-corrected chi connectivity index (χ2v) is 13.5. The number of halogens is 4. The van der Waals surface area contributed by atoms with Gasteiger partial charge in [0.1, 0.15) is 10.7 Å². The Morgan fingerprint density at radius 2 is 1.78 bits per heavy atom. The van der Waals surface area contributed by atoms with Crippen LogP contribution in [0.3, 0.4) is 0 Å². The van der Waals surface area contributed by atoms with Crippen LogP contribution in [0.1, 0.15) is 45.7 Å². The van der Waals surface area contributed by atoms with Gasteiger partial charge in [0, 0.05) is 22.9 Å². The van der Waals surface area contributed by atoms with Crippen molar-refractivity contribution in [1.82, 2.24) is 14.8 Å². The van der Waals surface area contributed by atoms with Crippen LogP contribution in [0.5, 0.6) is 0 Å². The predicted molar refractivity (Wildman–Crippen MR) is 164 cm³/mol. The van der Waals surface area contributed by atoms with Gasteiger partial charge in [-0.05, 0) is 65.6 Å². The van der Waals surface area contributed by atoms with E-state index < -0.39 is 39.3 Å². The first-order valence-corrected chi connectivity index (χ1v) is 16.6. The second kappa shape index (κ2) is 12.1. The van der Waals surface area contributed by atoms with E-state index >= 15 is 0 Å². The SMILES string of the molecule is NS(=O)(=O)c1ccc(Cc2c(-c3cc(-c4ccccc4)ccc3CC(F)(F)F)nn(-c3nc(C(=O)O)cs3)c2CC2CC2)cc1F. The van der Waals surface area contributed by atoms with Crippen LogP contribution in [0.25, 0.3) is 27.5 Å². The van der Waals surface area contributed by atoms with E-state index in [1.807, 2.05) is 30.3 Å². The number of hydrogen-bond donors (Lipinski definition) is 2. The predicted octanol–water partition coefficient (Wildman–Crippen LogP) is 6.80. The summed E-state index contributed by atoms with van der Waals surface area (Å²) in [4.78, 5) is 15.2. The molecule has 2 aromatic heterocycles. The van der Waals surface area contributed by atoms with E-state index in [4.69, 9.17) is 10.2 Å². The molecule has 0 unspecified atom stereocenters. The second-order valence-electron chi connectivity index (χ2n) is 11.2. The Morgan fingerprint density at radius 1 is 1.04 bits per heavy atom. The molecule has 0 bridgehead atoms. The summed E-state index contributed by atoms with van der Waals surface area (Å²) in [5, 5.41) is 21.0. The minimum Gasteiger partial charge on any atom is -0.476 e. The van der Waals surface area contributed by atoms with Crippen molar-refractivity contribution >= 4 is 27.3 Å². The Morgan fingerprint density at radius 3 is 2.39 bits per heavy atom. The minimum absolute atomic E-state index is 0.0165. The first-order valence-electron chi connectivity index (χ1n) is 14.1. The van der Waals surface area contributed by atoms with Crippen LogP contribution in [0.15, 0.2) is 77.0 Å². The number of carboxylic acid groups (broad SMARTS) is 1. The number of carboxylic acids is 1. The van der Waals surface area contributed by atoms with E-state index in [1.165, 1.54) is 22.2 Å². The number of carbonyl (C=O) groups is 1. The number of rotatable bonds is 10. The molecule has 238 valence electrons. The number of thiazole rings is 1. The average molecular weight is 671 g/mol. The zero-order valence-electron chi connectivity index (χ0n) is 24.0. The monoisotopic (exact) mass is 670 g/mol. The summed E-state index contributed by atoms with van der Waals surface area (Å²) < 4.78 is 81.8. The number of nitrogens with zero attached hydrogens (tertiary/aromatic N) is 3. The molecule has 1 aliphatic carbocycles. The van der Waals surface area contributed by atoms with Crippen molar-refractivity contribution in [2.75, 3.05) is 0 Å². The molecule has 2 heterocycles. The fourth-order valence-electron chi connectivity index (χ4n) is 5.38. The number of aromatic nitrogens is 3. The van der Waals surface area contributed by atoms with Gasteiger partial charge >= 0.3 is 12.1 Å². The summed E-state index contributed by atoms with van der Waals surface area (Å²) in [7, 11) is -4.33. The van der Waals surface area contributed by atoms with Crippen molar-refractivity contribution in [1.29, 1.82) is 0 Å². The Labute approximate surface area is 265 Å². The van der Waals surface area contributed by atoms with Crippen molar-refractivity contribution in [2.24, 2.45) is 11.1 Å². The van der Waals surface area contributed by atoms with E-state index in [0.717, 1.165) is 41.9 Å². The Balaban J connectivity index is 1.60. The van der Waals surface area contributed by atoms with Gasteiger partial charge in [0.2, 0.25) is 15.2 Å². The van der Waals surface area contributed by atoms with Gasteiger partial charge in [-0.25, -0.2) is 32.4 Å².